The second-order valence-electron chi connectivity index (χ2n) is 6.96. The number of nitrogens with zero attached hydrogens (tertiary/aromatic N) is 6. The molecule has 9 heteroatoms. The van der Waals surface area contributed by atoms with Gasteiger partial charge in [-0.2, -0.15) is 10.4 Å². The summed E-state index contributed by atoms with van der Waals surface area (Å²) in [7, 11) is 3.12. The molecule has 0 spiro atoms. The van der Waals surface area contributed by atoms with Gasteiger partial charge in [0.05, 0.1) is 24.1 Å². The molecule has 1 aliphatic heterocycles. The Bertz CT molecular complexity index is 1220. The molecule has 1 fully saturated rings. The Kier molecular flexibility index (Phi) is 5.06. The van der Waals surface area contributed by atoms with E-state index in [4.69, 9.17) is 4.74 Å². The number of ether oxygens (including phenoxy) is 1. The van der Waals surface area contributed by atoms with Crippen LogP contribution in [-0.4, -0.2) is 58.9 Å². The van der Waals surface area contributed by atoms with E-state index < -0.39 is 0 Å². The van der Waals surface area contributed by atoms with Gasteiger partial charge in [0.15, 0.2) is 17.3 Å². The van der Waals surface area contributed by atoms with Crippen LogP contribution in [0, 0.1) is 11.3 Å². The van der Waals surface area contributed by atoms with E-state index >= 15 is 0 Å². The Morgan fingerprint density at radius 2 is 1.93 bits per heavy atom. The summed E-state index contributed by atoms with van der Waals surface area (Å²) in [4.78, 5) is 33.8. The number of piperazine rings is 1. The first-order valence-electron chi connectivity index (χ1n) is 9.48. The average molecular weight is 404 g/mol. The lowest BCUT2D eigenvalue weighted by Gasteiger charge is -2.35. The summed E-state index contributed by atoms with van der Waals surface area (Å²) in [6, 6.07) is 10.4. The summed E-state index contributed by atoms with van der Waals surface area (Å²) in [5.41, 5.74) is 0.241. The quantitative estimate of drug-likeness (QED) is 0.645. The lowest BCUT2D eigenvalue weighted by molar-refractivity contribution is 0.0740. The highest BCUT2D eigenvalue weighted by Gasteiger charge is 2.27. The Morgan fingerprint density at radius 3 is 2.63 bits per heavy atom. The number of nitriles is 1. The van der Waals surface area contributed by atoms with Crippen molar-refractivity contribution in [2.45, 2.75) is 0 Å². The maximum Gasteiger partial charge on any atom is 0.275 e. The summed E-state index contributed by atoms with van der Waals surface area (Å²) in [6.07, 6.45) is 1.71. The number of methoxy groups -OCH3 is 1. The Hall–Kier alpha value is -3.93. The minimum atomic E-state index is -0.307. The molecule has 0 bridgehead atoms. The number of carbonyl (C=O) groups excluding carboxylic acids is 1. The van der Waals surface area contributed by atoms with Crippen molar-refractivity contribution in [3.8, 4) is 11.8 Å². The van der Waals surface area contributed by atoms with Crippen LogP contribution >= 0.6 is 0 Å². The van der Waals surface area contributed by atoms with E-state index in [1.165, 1.54) is 7.05 Å². The predicted molar refractivity (Wildman–Crippen MR) is 111 cm³/mol. The summed E-state index contributed by atoms with van der Waals surface area (Å²) in [6.45, 7) is 2.13. The zero-order valence-corrected chi connectivity index (χ0v) is 16.7. The topological polar surface area (TPSA) is 104 Å². The van der Waals surface area contributed by atoms with E-state index in [0.717, 1.165) is 10.5 Å². The van der Waals surface area contributed by atoms with Crippen LogP contribution < -0.4 is 15.2 Å². The van der Waals surface area contributed by atoms with Gasteiger partial charge in [-0.1, -0.05) is 0 Å². The number of rotatable bonds is 3. The fourth-order valence-corrected chi connectivity index (χ4v) is 3.63. The first kappa shape index (κ1) is 19.4. The van der Waals surface area contributed by atoms with Crippen molar-refractivity contribution >= 4 is 22.5 Å². The van der Waals surface area contributed by atoms with Crippen molar-refractivity contribution in [1.29, 1.82) is 5.26 Å². The minimum Gasteiger partial charge on any atom is -0.493 e. The Balaban J connectivity index is 1.62. The molecule has 4 rings (SSSR count). The minimum absolute atomic E-state index is 0.174. The molecule has 2 aromatic heterocycles. The number of aryl methyl sites for hydroxylation is 1. The summed E-state index contributed by atoms with van der Waals surface area (Å²) in [5, 5.41) is 14.2. The molecular formula is C21H20N6O3. The molecule has 3 heterocycles. The second kappa shape index (κ2) is 7.83. The molecule has 0 N–H and O–H groups in total. The summed E-state index contributed by atoms with van der Waals surface area (Å²) < 4.78 is 6.55. The number of anilines is 1. The summed E-state index contributed by atoms with van der Waals surface area (Å²) in [5.74, 6) is 1.17. The third kappa shape index (κ3) is 3.33. The third-order valence-electron chi connectivity index (χ3n) is 5.22. The molecule has 1 amide bonds. The molecule has 1 aromatic carbocycles. The van der Waals surface area contributed by atoms with Gasteiger partial charge in [-0.05, 0) is 30.3 Å². The van der Waals surface area contributed by atoms with Gasteiger partial charge in [0.25, 0.3) is 11.5 Å². The molecule has 0 unspecified atom stereocenters. The lowest BCUT2D eigenvalue weighted by Crippen LogP contribution is -2.49. The molecular weight excluding hydrogens is 384 g/mol. The molecule has 0 aliphatic carbocycles. The van der Waals surface area contributed by atoms with Crippen molar-refractivity contribution in [3.05, 3.63) is 58.1 Å². The largest absolute Gasteiger partial charge is 0.493 e. The SMILES string of the molecule is COc1cccnc1N1CCN(C(=O)c2nn(C)c(=O)c3ccc(C#N)cc23)CC1. The van der Waals surface area contributed by atoms with Crippen LogP contribution in [0.5, 0.6) is 5.75 Å². The Morgan fingerprint density at radius 1 is 1.17 bits per heavy atom. The molecule has 30 heavy (non-hydrogen) atoms. The zero-order chi connectivity index (χ0) is 21.3. The molecule has 9 nitrogen and oxygen atoms in total. The van der Waals surface area contributed by atoms with E-state index in [9.17, 15) is 14.9 Å². The Labute approximate surface area is 172 Å². The number of fused-ring (bicyclic) bond motifs is 1. The van der Waals surface area contributed by atoms with Crippen molar-refractivity contribution in [1.82, 2.24) is 19.7 Å². The first-order valence-corrected chi connectivity index (χ1v) is 9.48. The van der Waals surface area contributed by atoms with Crippen LogP contribution in [-0.2, 0) is 7.05 Å². The van der Waals surface area contributed by atoms with Gasteiger partial charge in [0, 0.05) is 44.8 Å². The van der Waals surface area contributed by atoms with Gasteiger partial charge in [-0.3, -0.25) is 9.59 Å². The zero-order valence-electron chi connectivity index (χ0n) is 16.7. The van der Waals surface area contributed by atoms with Crippen molar-refractivity contribution in [2.24, 2.45) is 7.05 Å². The number of hydrogen-bond acceptors (Lipinski definition) is 7. The molecule has 0 radical (unpaired) electrons. The van der Waals surface area contributed by atoms with E-state index in [1.807, 2.05) is 18.2 Å². The van der Waals surface area contributed by atoms with E-state index in [1.54, 1.807) is 36.4 Å². The van der Waals surface area contributed by atoms with Crippen molar-refractivity contribution < 1.29 is 9.53 Å². The number of carbonyl (C=O) groups is 1. The fourth-order valence-electron chi connectivity index (χ4n) is 3.63. The van der Waals surface area contributed by atoms with Crippen LogP contribution in [0.15, 0.2) is 41.3 Å². The van der Waals surface area contributed by atoms with Crippen LogP contribution in [0.3, 0.4) is 0 Å². The van der Waals surface area contributed by atoms with Crippen LogP contribution in [0.2, 0.25) is 0 Å². The molecule has 3 aromatic rings. The number of aromatic nitrogens is 3. The second-order valence-corrected chi connectivity index (χ2v) is 6.96. The van der Waals surface area contributed by atoms with E-state index in [0.29, 0.717) is 48.3 Å². The van der Waals surface area contributed by atoms with E-state index in [-0.39, 0.29) is 17.2 Å². The number of benzene rings is 1. The van der Waals surface area contributed by atoms with Crippen molar-refractivity contribution in [3.63, 3.8) is 0 Å². The normalized spacial score (nSPS) is 13.9. The van der Waals surface area contributed by atoms with Gasteiger partial charge in [-0.15, -0.1) is 0 Å². The van der Waals surface area contributed by atoms with Gasteiger partial charge in [-0.25, -0.2) is 9.67 Å². The molecule has 1 aliphatic rings. The molecule has 1 saturated heterocycles. The smallest absolute Gasteiger partial charge is 0.275 e. The third-order valence-corrected chi connectivity index (χ3v) is 5.22. The maximum atomic E-state index is 13.2. The standard InChI is InChI=1S/C21H20N6O3/c1-25-20(28)15-6-5-14(13-22)12-16(15)18(24-25)21(29)27-10-8-26(9-11-27)19-17(30-2)4-3-7-23-19/h3-7,12H,8-11H2,1-2H3. The van der Waals surface area contributed by atoms with Crippen LogP contribution in [0.25, 0.3) is 10.8 Å². The number of amides is 1. The van der Waals surface area contributed by atoms with Gasteiger partial charge in [0.2, 0.25) is 0 Å². The van der Waals surface area contributed by atoms with Crippen molar-refractivity contribution in [2.75, 3.05) is 38.2 Å². The average Bonchev–Trinajstić information content (AvgIpc) is 2.80. The molecule has 0 atom stereocenters. The van der Waals surface area contributed by atoms with Gasteiger partial charge >= 0.3 is 0 Å². The highest BCUT2D eigenvalue weighted by atomic mass is 16.5. The van der Waals surface area contributed by atoms with Gasteiger partial charge in [0.1, 0.15) is 0 Å². The molecule has 0 saturated carbocycles. The lowest BCUT2D eigenvalue weighted by atomic mass is 10.1. The van der Waals surface area contributed by atoms with E-state index in [2.05, 4.69) is 15.0 Å². The van der Waals surface area contributed by atoms with Gasteiger partial charge < -0.3 is 14.5 Å². The highest BCUT2D eigenvalue weighted by molar-refractivity contribution is 6.05. The highest BCUT2D eigenvalue weighted by Crippen LogP contribution is 2.26. The van der Waals surface area contributed by atoms with Crippen LogP contribution in [0.4, 0.5) is 5.82 Å². The number of pyridine rings is 1. The summed E-state index contributed by atoms with van der Waals surface area (Å²) >= 11 is 0. The predicted octanol–water partition coefficient (Wildman–Crippen LogP) is 1.17. The number of hydrogen-bond donors (Lipinski definition) is 0. The molecule has 152 valence electrons. The maximum absolute atomic E-state index is 13.2. The monoisotopic (exact) mass is 404 g/mol. The fraction of sp³-hybridized carbons (Fsp3) is 0.286. The van der Waals surface area contributed by atoms with Crippen LogP contribution in [0.1, 0.15) is 16.1 Å². The first-order chi connectivity index (χ1) is 14.5.